The summed E-state index contributed by atoms with van der Waals surface area (Å²) in [6.07, 6.45) is 1.91. The Balaban J connectivity index is 1.58. The second kappa shape index (κ2) is 4.08. The van der Waals surface area contributed by atoms with Gasteiger partial charge in [-0.3, -0.25) is 9.59 Å². The quantitative estimate of drug-likeness (QED) is 0.838. The van der Waals surface area contributed by atoms with Crippen LogP contribution in [0.25, 0.3) is 0 Å². The van der Waals surface area contributed by atoms with Gasteiger partial charge in [-0.1, -0.05) is 18.2 Å². The molecule has 3 aliphatic rings. The van der Waals surface area contributed by atoms with Crippen molar-refractivity contribution in [3.05, 3.63) is 29.8 Å². The molecule has 1 aromatic rings. The summed E-state index contributed by atoms with van der Waals surface area (Å²) in [4.78, 5) is 24.5. The van der Waals surface area contributed by atoms with Crippen LogP contribution in [-0.2, 0) is 14.3 Å². The molecule has 104 valence electrons. The van der Waals surface area contributed by atoms with Crippen LogP contribution in [-0.4, -0.2) is 18.0 Å². The Hall–Kier alpha value is -1.84. The number of para-hydroxylation sites is 1. The molecule has 1 amide bonds. The van der Waals surface area contributed by atoms with E-state index in [4.69, 9.17) is 4.74 Å². The zero-order chi connectivity index (χ0) is 13.9. The van der Waals surface area contributed by atoms with Crippen LogP contribution in [0.1, 0.15) is 18.4 Å². The van der Waals surface area contributed by atoms with Crippen LogP contribution in [0, 0.1) is 30.6 Å². The van der Waals surface area contributed by atoms with E-state index < -0.39 is 0 Å². The zero-order valence-corrected chi connectivity index (χ0v) is 11.3. The highest BCUT2D eigenvalue weighted by atomic mass is 16.6. The van der Waals surface area contributed by atoms with Gasteiger partial charge in [0, 0.05) is 11.6 Å². The van der Waals surface area contributed by atoms with Gasteiger partial charge in [-0.15, -0.1) is 0 Å². The maximum atomic E-state index is 12.6. The highest BCUT2D eigenvalue weighted by Crippen LogP contribution is 2.57. The molecule has 2 bridgehead atoms. The SMILES string of the molecule is Cc1ccccc1NC(=O)[C@H]1[C@@H]2C[C@@H]3[C@@H]1C(=O)O[C@@H]3C2. The van der Waals surface area contributed by atoms with Crippen LogP contribution in [0.5, 0.6) is 0 Å². The van der Waals surface area contributed by atoms with Crippen molar-refractivity contribution in [1.82, 2.24) is 0 Å². The summed E-state index contributed by atoms with van der Waals surface area (Å²) in [6.45, 7) is 1.97. The van der Waals surface area contributed by atoms with E-state index in [-0.39, 0.29) is 35.7 Å². The second-order valence-corrected chi connectivity index (χ2v) is 6.23. The van der Waals surface area contributed by atoms with E-state index >= 15 is 0 Å². The fourth-order valence-corrected chi connectivity index (χ4v) is 4.29. The average molecular weight is 271 g/mol. The zero-order valence-electron chi connectivity index (χ0n) is 11.3. The van der Waals surface area contributed by atoms with Crippen LogP contribution < -0.4 is 5.32 Å². The van der Waals surface area contributed by atoms with Gasteiger partial charge in [-0.25, -0.2) is 0 Å². The molecule has 20 heavy (non-hydrogen) atoms. The lowest BCUT2D eigenvalue weighted by Gasteiger charge is -2.23. The standard InChI is InChI=1S/C16H17NO3/c1-8-4-2-3-5-11(8)17-15(18)13-9-6-10-12(7-9)20-16(19)14(10)13/h2-5,9-10,12-14H,6-7H2,1H3,(H,17,18)/t9-,10+,12-,13+,14+/m1/s1. The Morgan fingerprint density at radius 1 is 1.30 bits per heavy atom. The molecule has 5 atom stereocenters. The average Bonchev–Trinajstić information content (AvgIpc) is 3.02. The number of amides is 1. The van der Waals surface area contributed by atoms with E-state index in [1.807, 2.05) is 31.2 Å². The molecule has 4 heteroatoms. The van der Waals surface area contributed by atoms with Crippen LogP contribution in [0.2, 0.25) is 0 Å². The Bertz CT molecular complexity index is 595. The van der Waals surface area contributed by atoms with Crippen molar-refractivity contribution in [3.8, 4) is 0 Å². The van der Waals surface area contributed by atoms with Crippen molar-refractivity contribution in [3.63, 3.8) is 0 Å². The van der Waals surface area contributed by atoms with Crippen molar-refractivity contribution in [1.29, 1.82) is 0 Å². The largest absolute Gasteiger partial charge is 0.462 e. The first-order chi connectivity index (χ1) is 9.65. The van der Waals surface area contributed by atoms with Crippen LogP contribution in [0.15, 0.2) is 24.3 Å². The number of fused-ring (bicyclic) bond motifs is 1. The topological polar surface area (TPSA) is 55.4 Å². The first-order valence-electron chi connectivity index (χ1n) is 7.22. The first kappa shape index (κ1) is 11.9. The number of anilines is 1. The third-order valence-electron chi connectivity index (χ3n) is 5.19. The lowest BCUT2D eigenvalue weighted by molar-refractivity contribution is -0.145. The smallest absolute Gasteiger partial charge is 0.310 e. The number of hydrogen-bond donors (Lipinski definition) is 1. The second-order valence-electron chi connectivity index (χ2n) is 6.23. The van der Waals surface area contributed by atoms with Gasteiger partial charge < -0.3 is 10.1 Å². The van der Waals surface area contributed by atoms with E-state index in [0.717, 1.165) is 24.1 Å². The molecule has 4 nitrogen and oxygen atoms in total. The maximum absolute atomic E-state index is 12.6. The van der Waals surface area contributed by atoms with Crippen LogP contribution in [0.4, 0.5) is 5.69 Å². The monoisotopic (exact) mass is 271 g/mol. The van der Waals surface area contributed by atoms with E-state index in [1.165, 1.54) is 0 Å². The summed E-state index contributed by atoms with van der Waals surface area (Å²) in [5.41, 5.74) is 1.87. The number of nitrogens with one attached hydrogen (secondary N) is 1. The summed E-state index contributed by atoms with van der Waals surface area (Å²) in [7, 11) is 0. The Morgan fingerprint density at radius 3 is 2.90 bits per heavy atom. The number of benzene rings is 1. The molecule has 1 saturated heterocycles. The minimum absolute atomic E-state index is 0.0194. The molecule has 1 aromatic carbocycles. The van der Waals surface area contributed by atoms with E-state index in [0.29, 0.717) is 5.92 Å². The minimum atomic E-state index is -0.206. The fraction of sp³-hybridized carbons (Fsp3) is 0.500. The molecule has 0 unspecified atom stereocenters. The number of ether oxygens (including phenoxy) is 1. The molecule has 2 aliphatic carbocycles. The molecule has 1 N–H and O–H groups in total. The summed E-state index contributed by atoms with van der Waals surface area (Å²) >= 11 is 0. The highest BCUT2D eigenvalue weighted by Gasteiger charge is 2.63. The van der Waals surface area contributed by atoms with Crippen molar-refractivity contribution in [2.75, 3.05) is 5.32 Å². The molecule has 1 aliphatic heterocycles. The van der Waals surface area contributed by atoms with Gasteiger partial charge in [-0.2, -0.15) is 0 Å². The minimum Gasteiger partial charge on any atom is -0.462 e. The first-order valence-corrected chi connectivity index (χ1v) is 7.22. The molecule has 0 spiro atoms. The molecular formula is C16H17NO3. The number of carbonyl (C=O) groups excluding carboxylic acids is 2. The molecule has 1 heterocycles. The Kier molecular flexibility index (Phi) is 2.43. The third-order valence-corrected chi connectivity index (χ3v) is 5.19. The van der Waals surface area contributed by atoms with Gasteiger partial charge in [0.1, 0.15) is 6.10 Å². The van der Waals surface area contributed by atoms with Gasteiger partial charge in [0.15, 0.2) is 0 Å². The summed E-state index contributed by atoms with van der Waals surface area (Å²) in [5, 5.41) is 2.99. The Labute approximate surface area is 117 Å². The molecular weight excluding hydrogens is 254 g/mol. The third kappa shape index (κ3) is 1.54. The van der Waals surface area contributed by atoms with Gasteiger partial charge in [0.05, 0.1) is 11.8 Å². The molecule has 0 aromatic heterocycles. The summed E-state index contributed by atoms with van der Waals surface area (Å²) in [6, 6.07) is 7.72. The normalized spacial score (nSPS) is 37.0. The number of carbonyl (C=O) groups is 2. The van der Waals surface area contributed by atoms with Crippen molar-refractivity contribution in [2.24, 2.45) is 23.7 Å². The van der Waals surface area contributed by atoms with E-state index in [9.17, 15) is 9.59 Å². The number of rotatable bonds is 2. The Morgan fingerprint density at radius 2 is 2.10 bits per heavy atom. The van der Waals surface area contributed by atoms with E-state index in [2.05, 4.69) is 5.32 Å². The van der Waals surface area contributed by atoms with Gasteiger partial charge in [-0.05, 0) is 37.3 Å². The molecule has 3 fully saturated rings. The van der Waals surface area contributed by atoms with Gasteiger partial charge in [0.25, 0.3) is 0 Å². The predicted octanol–water partition coefficient (Wildman–Crippen LogP) is 2.13. The van der Waals surface area contributed by atoms with Crippen molar-refractivity contribution >= 4 is 17.6 Å². The van der Waals surface area contributed by atoms with Crippen molar-refractivity contribution in [2.45, 2.75) is 25.9 Å². The molecule has 0 radical (unpaired) electrons. The van der Waals surface area contributed by atoms with Gasteiger partial charge in [0.2, 0.25) is 5.91 Å². The van der Waals surface area contributed by atoms with Crippen LogP contribution >= 0.6 is 0 Å². The van der Waals surface area contributed by atoms with Gasteiger partial charge >= 0.3 is 5.97 Å². The predicted molar refractivity (Wildman–Crippen MR) is 72.9 cm³/mol. The van der Waals surface area contributed by atoms with Crippen LogP contribution in [0.3, 0.4) is 0 Å². The number of hydrogen-bond acceptors (Lipinski definition) is 3. The maximum Gasteiger partial charge on any atom is 0.310 e. The summed E-state index contributed by atoms with van der Waals surface area (Å²) < 4.78 is 5.37. The highest BCUT2D eigenvalue weighted by molar-refractivity contribution is 5.97. The fourth-order valence-electron chi connectivity index (χ4n) is 4.29. The van der Waals surface area contributed by atoms with Crippen molar-refractivity contribution < 1.29 is 14.3 Å². The lowest BCUT2D eigenvalue weighted by Crippen LogP contribution is -2.36. The molecule has 2 saturated carbocycles. The molecule has 4 rings (SSSR count). The van der Waals surface area contributed by atoms with E-state index in [1.54, 1.807) is 0 Å². The lowest BCUT2D eigenvalue weighted by atomic mass is 9.79. The summed E-state index contributed by atoms with van der Waals surface area (Å²) in [5.74, 6) is -0.00162. The number of aryl methyl sites for hydroxylation is 1. The number of esters is 1.